The van der Waals surface area contributed by atoms with Crippen molar-refractivity contribution >= 4 is 76.8 Å². The molecule has 1 rings (SSSR count). The average molecular weight is 1140 g/mol. The number of hydrogen-bond acceptors (Lipinski definition) is 19. The Labute approximate surface area is 461 Å². The number of guanidine groups is 1. The Morgan fingerprint density at radius 1 is 0.550 bits per heavy atom. The Morgan fingerprint density at radius 3 is 1.61 bits per heavy atom. The van der Waals surface area contributed by atoms with Gasteiger partial charge in [-0.2, -0.15) is 0 Å². The van der Waals surface area contributed by atoms with Crippen LogP contribution in [0.25, 0.3) is 0 Å². The van der Waals surface area contributed by atoms with Crippen LogP contribution in [0.5, 0.6) is 0 Å². The Bertz CT molecular complexity index is 2270. The molecule has 0 bridgehead atoms. The number of amides is 12. The number of nitrogens with two attached hydrogens (primary N) is 6. The Balaban J connectivity index is 3.42. The maximum absolute atomic E-state index is 14.2. The summed E-state index contributed by atoms with van der Waals surface area (Å²) in [5.74, 6) is -11.5. The summed E-state index contributed by atoms with van der Waals surface area (Å²) >= 11 is 0. The fourth-order valence-corrected chi connectivity index (χ4v) is 7.04. The van der Waals surface area contributed by atoms with Crippen molar-refractivity contribution in [3.8, 4) is 0 Å². The molecule has 0 spiro atoms. The highest BCUT2D eigenvalue weighted by Crippen LogP contribution is 2.09. The third-order valence-electron chi connectivity index (χ3n) is 11.6. The molecule has 0 unspecified atom stereocenters. The number of primary amides is 2. The standard InChI is InChI=1S/C47H80N18O15/c1-24(59-46(80)37(26(3)68)65-43(77)31(12-13-33(50)69)61-40(74)28(49)9-4-6-16-48)38(72)60-30(11-8-18-56-47(52)53)41(75)62-29(10-5-7-17-55-39(73)27-14-19-54-20-15-27)42(76)63-32(23-66)44(78)64-36(25(2)67)45(79)58-22-35(71)57-21-34(51)70/h14-15,19-20,24-26,28-32,36-37,66-68H,4-13,16-18,21-23,48-49H2,1-3H3,(H2,50,69)(H2,51,70)(H,55,73)(H,57,71)(H,58,79)(H,59,80)(H,60,72)(H,61,74)(H,62,75)(H,63,76)(H,64,78)(H,65,77)(H4,52,53,56)/t24-,25+,26+,28-,29-,30-,31-,32-,36-,37-/m0/s1. The fourth-order valence-electron chi connectivity index (χ4n) is 7.04. The molecule has 0 saturated heterocycles. The SMILES string of the molecule is C[C@H](NC(=O)[C@@H](NC(=O)[C@H](CCC(N)=O)NC(=O)[C@@H](N)CCCCN)[C@@H](C)O)C(=O)N[C@@H](CCCN=C(N)N)C(=O)N[C@@H](CCCCNC(=O)c1ccncc1)C(=O)N[C@@H](CO)C(=O)N[C@H](C(=O)NCC(=O)NCC(N)=O)[C@@H](C)O. The van der Waals surface area contributed by atoms with E-state index in [4.69, 9.17) is 34.4 Å². The molecule has 1 aromatic heterocycles. The second kappa shape index (κ2) is 37.6. The molecule has 0 aromatic carbocycles. The van der Waals surface area contributed by atoms with Gasteiger partial charge in [0.2, 0.25) is 65.0 Å². The lowest BCUT2D eigenvalue weighted by Gasteiger charge is -2.28. The minimum Gasteiger partial charge on any atom is -0.394 e. The number of aliphatic imine (C=N–C) groups is 1. The number of carbonyl (C=O) groups excluding carboxylic acids is 12. The van der Waals surface area contributed by atoms with Gasteiger partial charge in [0.1, 0.15) is 42.3 Å². The van der Waals surface area contributed by atoms with Gasteiger partial charge in [-0.15, -0.1) is 0 Å². The van der Waals surface area contributed by atoms with Gasteiger partial charge in [-0.3, -0.25) is 67.5 Å². The van der Waals surface area contributed by atoms with Crippen LogP contribution in [0, 0.1) is 0 Å². The number of rotatable bonds is 39. The summed E-state index contributed by atoms with van der Waals surface area (Å²) in [5, 5.41) is 54.7. The van der Waals surface area contributed by atoms with E-state index in [9.17, 15) is 72.9 Å². The number of aliphatic hydroxyl groups excluding tert-OH is 3. The van der Waals surface area contributed by atoms with E-state index in [1.54, 1.807) is 0 Å². The van der Waals surface area contributed by atoms with Crippen LogP contribution in [-0.4, -0.2) is 197 Å². The van der Waals surface area contributed by atoms with Crippen LogP contribution in [-0.2, 0) is 52.7 Å². The van der Waals surface area contributed by atoms with Gasteiger partial charge >= 0.3 is 0 Å². The van der Waals surface area contributed by atoms with E-state index in [-0.39, 0.29) is 70.4 Å². The van der Waals surface area contributed by atoms with Crippen molar-refractivity contribution in [2.24, 2.45) is 39.4 Å². The van der Waals surface area contributed by atoms with E-state index < -0.39 is 151 Å². The first-order valence-electron chi connectivity index (χ1n) is 25.6. The summed E-state index contributed by atoms with van der Waals surface area (Å²) in [7, 11) is 0. The van der Waals surface area contributed by atoms with Crippen molar-refractivity contribution in [1.29, 1.82) is 0 Å². The third-order valence-corrected chi connectivity index (χ3v) is 11.6. The Hall–Kier alpha value is -8.14. The van der Waals surface area contributed by atoms with Gasteiger partial charge in [0.25, 0.3) is 5.91 Å². The molecular weight excluding hydrogens is 1060 g/mol. The number of unbranched alkanes of at least 4 members (excludes halogenated alkanes) is 2. The summed E-state index contributed by atoms with van der Waals surface area (Å²) in [6.07, 6.45) is 0.205. The monoisotopic (exact) mass is 1140 g/mol. The first kappa shape index (κ1) is 69.9. The quantitative estimate of drug-likeness (QED) is 0.0165. The van der Waals surface area contributed by atoms with E-state index >= 15 is 0 Å². The lowest BCUT2D eigenvalue weighted by atomic mass is 10.0. The molecule has 0 aliphatic heterocycles. The third kappa shape index (κ3) is 28.0. The second-order valence-electron chi connectivity index (χ2n) is 18.4. The van der Waals surface area contributed by atoms with Crippen LogP contribution in [0.4, 0.5) is 0 Å². The van der Waals surface area contributed by atoms with Crippen LogP contribution in [0.3, 0.4) is 0 Å². The highest BCUT2D eigenvalue weighted by Gasteiger charge is 2.35. The topological polar surface area (TPSA) is 567 Å². The Kier molecular flexibility index (Phi) is 32.9. The van der Waals surface area contributed by atoms with Crippen LogP contribution in [0.15, 0.2) is 29.5 Å². The van der Waals surface area contributed by atoms with Gasteiger partial charge in [0, 0.05) is 37.5 Å². The molecule has 33 heteroatoms. The molecule has 0 radical (unpaired) electrons. The molecule has 10 atom stereocenters. The maximum atomic E-state index is 14.2. The van der Waals surface area contributed by atoms with Crippen molar-refractivity contribution in [3.63, 3.8) is 0 Å². The summed E-state index contributed by atoms with van der Waals surface area (Å²) in [6.45, 7) is 1.51. The number of nitrogens with zero attached hydrogens (tertiary/aromatic N) is 2. The highest BCUT2D eigenvalue weighted by atomic mass is 16.3. The lowest BCUT2D eigenvalue weighted by Crippen LogP contribution is -2.61. The van der Waals surface area contributed by atoms with E-state index in [2.05, 4.69) is 63.1 Å². The predicted molar refractivity (Wildman–Crippen MR) is 284 cm³/mol. The first-order valence-corrected chi connectivity index (χ1v) is 25.6. The van der Waals surface area contributed by atoms with Gasteiger partial charge < -0.3 is 103 Å². The number of pyridine rings is 1. The van der Waals surface area contributed by atoms with Gasteiger partial charge in [-0.05, 0) is 90.8 Å². The lowest BCUT2D eigenvalue weighted by molar-refractivity contribution is -0.137. The number of hydrogen-bond donors (Lipinski definition) is 19. The first-order chi connectivity index (χ1) is 37.7. The molecule has 1 aromatic rings. The largest absolute Gasteiger partial charge is 0.394 e. The van der Waals surface area contributed by atoms with Gasteiger partial charge in [0.15, 0.2) is 5.96 Å². The summed E-state index contributed by atoms with van der Waals surface area (Å²) in [5.41, 5.74) is 33.0. The molecule has 25 N–H and O–H groups in total. The molecular formula is C47H80N18O15. The number of aromatic nitrogens is 1. The van der Waals surface area contributed by atoms with Crippen LogP contribution in [0.1, 0.15) is 95.3 Å². The fraction of sp³-hybridized carbons (Fsp3) is 0.617. The molecule has 0 saturated carbocycles. The average Bonchev–Trinajstić information content (AvgIpc) is 3.40. The van der Waals surface area contributed by atoms with Crippen molar-refractivity contribution in [3.05, 3.63) is 30.1 Å². The summed E-state index contributed by atoms with van der Waals surface area (Å²) < 4.78 is 0. The zero-order valence-corrected chi connectivity index (χ0v) is 45.0. The highest BCUT2D eigenvalue weighted by molar-refractivity contribution is 5.98. The van der Waals surface area contributed by atoms with E-state index in [0.29, 0.717) is 24.9 Å². The smallest absolute Gasteiger partial charge is 0.251 e. The summed E-state index contributed by atoms with van der Waals surface area (Å²) in [4.78, 5) is 163. The minimum atomic E-state index is -1.83. The Morgan fingerprint density at radius 2 is 1.06 bits per heavy atom. The van der Waals surface area contributed by atoms with E-state index in [1.165, 1.54) is 31.5 Å². The zero-order valence-electron chi connectivity index (χ0n) is 45.0. The van der Waals surface area contributed by atoms with Crippen molar-refractivity contribution in [2.75, 3.05) is 39.3 Å². The van der Waals surface area contributed by atoms with E-state index in [1.807, 2.05) is 0 Å². The normalized spacial score (nSPS) is 14.6. The molecule has 80 heavy (non-hydrogen) atoms. The number of carbonyl (C=O) groups is 12. The molecule has 0 aliphatic carbocycles. The predicted octanol–water partition coefficient (Wildman–Crippen LogP) is -9.36. The number of aliphatic hydroxyl groups is 3. The van der Waals surface area contributed by atoms with Gasteiger partial charge in [-0.1, -0.05) is 6.42 Å². The van der Waals surface area contributed by atoms with Crippen molar-refractivity contribution < 1.29 is 72.9 Å². The van der Waals surface area contributed by atoms with E-state index in [0.717, 1.165) is 13.8 Å². The number of nitrogens with one attached hydrogen (secondary N) is 10. The van der Waals surface area contributed by atoms with Crippen LogP contribution in [0.2, 0.25) is 0 Å². The molecule has 12 amide bonds. The zero-order chi connectivity index (χ0) is 60.5. The van der Waals surface area contributed by atoms with Gasteiger partial charge in [-0.25, -0.2) is 0 Å². The van der Waals surface area contributed by atoms with Crippen LogP contribution >= 0.6 is 0 Å². The molecule has 0 fully saturated rings. The molecule has 33 nitrogen and oxygen atoms in total. The van der Waals surface area contributed by atoms with Crippen molar-refractivity contribution in [1.82, 2.24) is 58.2 Å². The van der Waals surface area contributed by atoms with Gasteiger partial charge in [0.05, 0.1) is 37.9 Å². The summed E-state index contributed by atoms with van der Waals surface area (Å²) in [6, 6.07) is -9.48. The molecule has 1 heterocycles. The molecule has 0 aliphatic rings. The van der Waals surface area contributed by atoms with Crippen LogP contribution < -0.4 is 87.6 Å². The second-order valence-corrected chi connectivity index (χ2v) is 18.4. The maximum Gasteiger partial charge on any atom is 0.251 e. The molecule has 448 valence electrons. The van der Waals surface area contributed by atoms with Crippen molar-refractivity contribution in [2.45, 2.75) is 146 Å². The minimum absolute atomic E-state index is 0.0378.